The molecule has 0 aliphatic heterocycles. The van der Waals surface area contributed by atoms with E-state index >= 15 is 0 Å². The number of hydrogen-bond acceptors (Lipinski definition) is 2. The van der Waals surface area contributed by atoms with E-state index in [1.165, 1.54) is 6.07 Å². The molecule has 1 heterocycles. The summed E-state index contributed by atoms with van der Waals surface area (Å²) in [5.74, 6) is -0.140. The molecule has 0 aliphatic rings. The van der Waals surface area contributed by atoms with Gasteiger partial charge in [-0.3, -0.25) is 4.79 Å². The predicted molar refractivity (Wildman–Crippen MR) is 83.0 cm³/mol. The molecule has 0 amide bonds. The summed E-state index contributed by atoms with van der Waals surface area (Å²) in [7, 11) is 0. The van der Waals surface area contributed by atoms with E-state index in [-0.39, 0.29) is 9.99 Å². The lowest BCUT2D eigenvalue weighted by molar-refractivity contribution is 0.307. The molecule has 0 fully saturated rings. The highest BCUT2D eigenvalue weighted by molar-refractivity contribution is 9.10. The number of rotatable bonds is 3. The Morgan fingerprint density at radius 2 is 1.86 bits per heavy atom. The lowest BCUT2D eigenvalue weighted by Gasteiger charge is -2.11. The summed E-state index contributed by atoms with van der Waals surface area (Å²) >= 11 is 3.21. The monoisotopic (exact) mass is 347 g/mol. The molecule has 0 saturated carbocycles. The number of benzene rings is 2. The maximum absolute atomic E-state index is 13.8. The standard InChI is InChI=1S/C16H11BrFNO2/c17-13-15(21-9-10-5-2-1-3-6-10)11-7-4-8-12(18)14(11)19-16(13)20/h1-8H,9H2,(H,19,20). The van der Waals surface area contributed by atoms with Gasteiger partial charge >= 0.3 is 0 Å². The number of nitrogens with one attached hydrogen (secondary N) is 1. The van der Waals surface area contributed by atoms with Crippen LogP contribution in [0, 0.1) is 5.82 Å². The fourth-order valence-electron chi connectivity index (χ4n) is 2.10. The van der Waals surface area contributed by atoms with Crippen LogP contribution >= 0.6 is 15.9 Å². The number of H-pyrrole nitrogens is 1. The number of fused-ring (bicyclic) bond motifs is 1. The smallest absolute Gasteiger partial charge is 0.266 e. The minimum absolute atomic E-state index is 0.147. The SMILES string of the molecule is O=c1[nH]c2c(F)cccc2c(OCc2ccccc2)c1Br. The van der Waals surface area contributed by atoms with Gasteiger partial charge in [-0.05, 0) is 33.6 Å². The van der Waals surface area contributed by atoms with Crippen molar-refractivity contribution < 1.29 is 9.13 Å². The number of aromatic nitrogens is 1. The van der Waals surface area contributed by atoms with E-state index in [9.17, 15) is 9.18 Å². The third-order valence-corrected chi connectivity index (χ3v) is 3.84. The van der Waals surface area contributed by atoms with Gasteiger partial charge in [-0.1, -0.05) is 36.4 Å². The van der Waals surface area contributed by atoms with Gasteiger partial charge in [0.05, 0.1) is 5.52 Å². The zero-order chi connectivity index (χ0) is 14.8. The summed E-state index contributed by atoms with van der Waals surface area (Å²) in [5, 5.41) is 0.525. The van der Waals surface area contributed by atoms with Gasteiger partial charge in [0.25, 0.3) is 5.56 Å². The molecule has 2 aromatic carbocycles. The summed E-state index contributed by atoms with van der Waals surface area (Å²) in [6.45, 7) is 0.300. The largest absolute Gasteiger partial charge is 0.487 e. The average molecular weight is 348 g/mol. The molecule has 106 valence electrons. The van der Waals surface area contributed by atoms with Gasteiger partial charge in [0, 0.05) is 5.39 Å². The average Bonchev–Trinajstić information content (AvgIpc) is 2.50. The molecule has 0 spiro atoms. The Labute approximate surface area is 128 Å². The van der Waals surface area contributed by atoms with Crippen LogP contribution in [0.25, 0.3) is 10.9 Å². The Balaban J connectivity index is 2.07. The fourth-order valence-corrected chi connectivity index (χ4v) is 2.53. The third-order valence-electron chi connectivity index (χ3n) is 3.12. The van der Waals surface area contributed by atoms with Crippen LogP contribution < -0.4 is 10.3 Å². The van der Waals surface area contributed by atoms with Gasteiger partial charge in [0.2, 0.25) is 0 Å². The zero-order valence-corrected chi connectivity index (χ0v) is 12.5. The van der Waals surface area contributed by atoms with Crippen molar-refractivity contribution in [3.05, 3.63) is 74.7 Å². The minimum atomic E-state index is -0.485. The van der Waals surface area contributed by atoms with Gasteiger partial charge in [-0.15, -0.1) is 0 Å². The number of ether oxygens (including phenoxy) is 1. The van der Waals surface area contributed by atoms with E-state index in [1.807, 2.05) is 30.3 Å². The van der Waals surface area contributed by atoms with E-state index in [2.05, 4.69) is 20.9 Å². The molecular weight excluding hydrogens is 337 g/mol. The molecule has 1 N–H and O–H groups in total. The summed E-state index contributed by atoms with van der Waals surface area (Å²) in [5.41, 5.74) is 0.693. The molecule has 1 aromatic heterocycles. The first-order valence-electron chi connectivity index (χ1n) is 6.33. The second kappa shape index (κ2) is 5.69. The molecule has 0 saturated heterocycles. The number of para-hydroxylation sites is 1. The molecule has 0 radical (unpaired) electrons. The number of pyridine rings is 1. The first kappa shape index (κ1) is 13.8. The Morgan fingerprint density at radius 1 is 1.10 bits per heavy atom. The maximum atomic E-state index is 13.8. The van der Waals surface area contributed by atoms with Crippen molar-refractivity contribution in [2.75, 3.05) is 0 Å². The number of hydrogen-bond donors (Lipinski definition) is 1. The lowest BCUT2D eigenvalue weighted by atomic mass is 10.2. The second-order valence-electron chi connectivity index (χ2n) is 4.53. The zero-order valence-electron chi connectivity index (χ0n) is 10.9. The van der Waals surface area contributed by atoms with Crippen molar-refractivity contribution in [3.8, 4) is 5.75 Å². The van der Waals surface area contributed by atoms with E-state index in [0.29, 0.717) is 17.7 Å². The van der Waals surface area contributed by atoms with Crippen molar-refractivity contribution in [2.45, 2.75) is 6.61 Å². The van der Waals surface area contributed by atoms with E-state index in [4.69, 9.17) is 4.74 Å². The predicted octanol–water partition coefficient (Wildman–Crippen LogP) is 4.01. The van der Waals surface area contributed by atoms with Crippen molar-refractivity contribution in [1.29, 1.82) is 0 Å². The molecule has 0 atom stereocenters. The first-order chi connectivity index (χ1) is 10.2. The van der Waals surface area contributed by atoms with Crippen LogP contribution in [0.4, 0.5) is 4.39 Å². The highest BCUT2D eigenvalue weighted by atomic mass is 79.9. The Hall–Kier alpha value is -2.14. The lowest BCUT2D eigenvalue weighted by Crippen LogP contribution is -2.10. The van der Waals surface area contributed by atoms with Crippen LogP contribution in [0.15, 0.2) is 57.8 Å². The van der Waals surface area contributed by atoms with Crippen molar-refractivity contribution >= 4 is 26.8 Å². The van der Waals surface area contributed by atoms with E-state index < -0.39 is 11.4 Å². The minimum Gasteiger partial charge on any atom is -0.487 e. The molecular formula is C16H11BrFNO2. The molecule has 0 unspecified atom stereocenters. The normalized spacial score (nSPS) is 10.8. The van der Waals surface area contributed by atoms with Gasteiger partial charge < -0.3 is 9.72 Å². The highest BCUT2D eigenvalue weighted by Gasteiger charge is 2.14. The Morgan fingerprint density at radius 3 is 2.62 bits per heavy atom. The van der Waals surface area contributed by atoms with Gasteiger partial charge in [0.1, 0.15) is 22.6 Å². The molecule has 3 nitrogen and oxygen atoms in total. The van der Waals surface area contributed by atoms with Gasteiger partial charge in [-0.25, -0.2) is 4.39 Å². The molecule has 5 heteroatoms. The topological polar surface area (TPSA) is 42.1 Å². The van der Waals surface area contributed by atoms with E-state index in [1.54, 1.807) is 12.1 Å². The van der Waals surface area contributed by atoms with Crippen LogP contribution in [0.1, 0.15) is 5.56 Å². The maximum Gasteiger partial charge on any atom is 0.266 e. The fraction of sp³-hybridized carbons (Fsp3) is 0.0625. The molecule has 0 bridgehead atoms. The molecule has 0 aliphatic carbocycles. The van der Waals surface area contributed by atoms with E-state index in [0.717, 1.165) is 5.56 Å². The quantitative estimate of drug-likeness (QED) is 0.777. The van der Waals surface area contributed by atoms with Crippen molar-refractivity contribution in [3.63, 3.8) is 0 Å². The van der Waals surface area contributed by atoms with Crippen LogP contribution in [0.2, 0.25) is 0 Å². The molecule has 3 rings (SSSR count). The number of aromatic amines is 1. The highest BCUT2D eigenvalue weighted by Crippen LogP contribution is 2.31. The van der Waals surface area contributed by atoms with Crippen LogP contribution in [0.5, 0.6) is 5.75 Å². The summed E-state index contributed by atoms with van der Waals surface area (Å²) < 4.78 is 19.8. The van der Waals surface area contributed by atoms with Crippen LogP contribution in [-0.2, 0) is 6.61 Å². The molecule has 3 aromatic rings. The van der Waals surface area contributed by atoms with Crippen molar-refractivity contribution in [1.82, 2.24) is 4.98 Å². The molecule has 21 heavy (non-hydrogen) atoms. The Bertz CT molecular complexity index is 846. The third kappa shape index (κ3) is 2.69. The van der Waals surface area contributed by atoms with Crippen LogP contribution in [-0.4, -0.2) is 4.98 Å². The van der Waals surface area contributed by atoms with Gasteiger partial charge in [0.15, 0.2) is 0 Å². The summed E-state index contributed by atoms with van der Waals surface area (Å²) in [6, 6.07) is 14.2. The van der Waals surface area contributed by atoms with Crippen LogP contribution in [0.3, 0.4) is 0 Å². The summed E-state index contributed by atoms with van der Waals surface area (Å²) in [4.78, 5) is 14.4. The second-order valence-corrected chi connectivity index (χ2v) is 5.33. The summed E-state index contributed by atoms with van der Waals surface area (Å²) in [6.07, 6.45) is 0. The Kier molecular flexibility index (Phi) is 3.75. The number of halogens is 2. The van der Waals surface area contributed by atoms with Crippen molar-refractivity contribution in [2.24, 2.45) is 0 Å². The van der Waals surface area contributed by atoms with Gasteiger partial charge in [-0.2, -0.15) is 0 Å². The first-order valence-corrected chi connectivity index (χ1v) is 7.13.